The van der Waals surface area contributed by atoms with Crippen LogP contribution in [0, 0.1) is 5.41 Å². The molecule has 1 heterocycles. The van der Waals surface area contributed by atoms with Gasteiger partial charge in [-0.15, -0.1) is 0 Å². The molecule has 0 spiro atoms. The number of hydrogen-bond acceptors (Lipinski definition) is 3. The van der Waals surface area contributed by atoms with Crippen molar-refractivity contribution in [2.24, 2.45) is 5.41 Å². The fraction of sp³-hybridized carbons (Fsp3) is 0.438. The molecule has 1 aliphatic heterocycles. The number of carboxylic acid groups (broad SMARTS) is 1. The molecule has 0 atom stereocenters. The number of carbonyl (C=O) groups excluding carboxylic acids is 2. The van der Waals surface area contributed by atoms with Crippen LogP contribution in [0.15, 0.2) is 18.2 Å². The molecule has 2 N–H and O–H groups in total. The van der Waals surface area contributed by atoms with Crippen molar-refractivity contribution in [2.75, 3.05) is 18.0 Å². The summed E-state index contributed by atoms with van der Waals surface area (Å²) < 4.78 is 0. The molecule has 1 aliphatic rings. The Labute approximate surface area is 129 Å². The van der Waals surface area contributed by atoms with Crippen LogP contribution in [0.4, 0.5) is 5.69 Å². The Kier molecular flexibility index (Phi) is 4.21. The molecule has 0 aliphatic carbocycles. The smallest absolute Gasteiger partial charge is 0.310 e. The van der Waals surface area contributed by atoms with Crippen LogP contribution in [-0.4, -0.2) is 36.0 Å². The van der Waals surface area contributed by atoms with Gasteiger partial charge in [0.25, 0.3) is 5.91 Å². The zero-order chi connectivity index (χ0) is 16.5. The molecule has 118 valence electrons. The summed E-state index contributed by atoms with van der Waals surface area (Å²) in [6, 6.07) is 5.19. The Bertz CT molecular complexity index is 637. The molecular formula is C16H20N2O4. The average Bonchev–Trinajstić information content (AvgIpc) is 2.87. The van der Waals surface area contributed by atoms with Crippen molar-refractivity contribution in [2.45, 2.75) is 27.2 Å². The van der Waals surface area contributed by atoms with Crippen LogP contribution in [0.2, 0.25) is 0 Å². The lowest BCUT2D eigenvalue weighted by Gasteiger charge is -2.19. The monoisotopic (exact) mass is 304 g/mol. The van der Waals surface area contributed by atoms with Crippen molar-refractivity contribution in [3.8, 4) is 0 Å². The molecule has 6 nitrogen and oxygen atoms in total. The summed E-state index contributed by atoms with van der Waals surface area (Å²) in [4.78, 5) is 36.4. The van der Waals surface area contributed by atoms with Gasteiger partial charge in [0.15, 0.2) is 0 Å². The minimum Gasteiger partial charge on any atom is -0.481 e. The van der Waals surface area contributed by atoms with Crippen molar-refractivity contribution in [3.05, 3.63) is 29.3 Å². The van der Waals surface area contributed by atoms with Crippen LogP contribution >= 0.6 is 0 Å². The molecule has 0 saturated carbocycles. The van der Waals surface area contributed by atoms with Crippen molar-refractivity contribution in [1.29, 1.82) is 0 Å². The summed E-state index contributed by atoms with van der Waals surface area (Å²) >= 11 is 0. The van der Waals surface area contributed by atoms with Gasteiger partial charge in [0.1, 0.15) is 0 Å². The van der Waals surface area contributed by atoms with E-state index in [1.54, 1.807) is 36.9 Å². The number of nitrogens with one attached hydrogen (secondary N) is 1. The van der Waals surface area contributed by atoms with Gasteiger partial charge in [-0.3, -0.25) is 14.4 Å². The maximum absolute atomic E-state index is 12.1. The molecule has 0 fully saturated rings. The largest absolute Gasteiger partial charge is 0.481 e. The highest BCUT2D eigenvalue weighted by Crippen LogP contribution is 2.28. The lowest BCUT2D eigenvalue weighted by Crippen LogP contribution is -2.38. The van der Waals surface area contributed by atoms with Gasteiger partial charge >= 0.3 is 5.97 Å². The molecule has 1 aromatic rings. The lowest BCUT2D eigenvalue weighted by atomic mass is 9.94. The van der Waals surface area contributed by atoms with E-state index in [1.807, 2.05) is 0 Å². The van der Waals surface area contributed by atoms with E-state index in [0.29, 0.717) is 12.1 Å². The maximum atomic E-state index is 12.1. The van der Waals surface area contributed by atoms with Crippen LogP contribution in [0.3, 0.4) is 0 Å². The zero-order valence-corrected chi connectivity index (χ0v) is 13.0. The molecule has 22 heavy (non-hydrogen) atoms. The molecule has 2 amide bonds. The first-order valence-corrected chi connectivity index (χ1v) is 7.15. The summed E-state index contributed by atoms with van der Waals surface area (Å²) in [5.41, 5.74) is 1.26. The van der Waals surface area contributed by atoms with Crippen LogP contribution in [0.5, 0.6) is 0 Å². The second kappa shape index (κ2) is 5.79. The number of anilines is 1. The summed E-state index contributed by atoms with van der Waals surface area (Å²) in [6.07, 6.45) is 0.719. The number of rotatable bonds is 4. The molecule has 2 rings (SSSR count). The number of aliphatic carboxylic acids is 1. The number of fused-ring (bicyclic) bond motifs is 1. The van der Waals surface area contributed by atoms with E-state index in [0.717, 1.165) is 17.7 Å². The first kappa shape index (κ1) is 16.0. The number of benzene rings is 1. The van der Waals surface area contributed by atoms with Gasteiger partial charge < -0.3 is 15.3 Å². The van der Waals surface area contributed by atoms with E-state index >= 15 is 0 Å². The predicted molar refractivity (Wildman–Crippen MR) is 81.9 cm³/mol. The molecule has 0 radical (unpaired) electrons. The number of amides is 2. The summed E-state index contributed by atoms with van der Waals surface area (Å²) in [5.74, 6) is -1.28. The van der Waals surface area contributed by atoms with Crippen LogP contribution in [-0.2, 0) is 16.0 Å². The van der Waals surface area contributed by atoms with Gasteiger partial charge in [-0.25, -0.2) is 0 Å². The van der Waals surface area contributed by atoms with Gasteiger partial charge in [0.05, 0.1) is 5.41 Å². The molecule has 0 aromatic heterocycles. The van der Waals surface area contributed by atoms with Crippen molar-refractivity contribution in [3.63, 3.8) is 0 Å². The van der Waals surface area contributed by atoms with Gasteiger partial charge in [-0.2, -0.15) is 0 Å². The van der Waals surface area contributed by atoms with Gasteiger partial charge in [-0.1, -0.05) is 0 Å². The highest BCUT2D eigenvalue weighted by Gasteiger charge is 2.28. The number of nitrogens with zero attached hydrogens (tertiary/aromatic N) is 1. The quantitative estimate of drug-likeness (QED) is 0.881. The third-order valence-electron chi connectivity index (χ3n) is 3.89. The van der Waals surface area contributed by atoms with Gasteiger partial charge in [0, 0.05) is 31.3 Å². The fourth-order valence-electron chi connectivity index (χ4n) is 2.35. The Morgan fingerprint density at radius 2 is 2.00 bits per heavy atom. The van der Waals surface area contributed by atoms with E-state index in [1.165, 1.54) is 6.92 Å². The SMILES string of the molecule is CC(=O)N1CCc2cc(C(=O)NCC(C)(C)C(=O)O)ccc21. The Hall–Kier alpha value is -2.37. The third-order valence-corrected chi connectivity index (χ3v) is 3.89. The molecule has 0 unspecified atom stereocenters. The summed E-state index contributed by atoms with van der Waals surface area (Å²) in [6.45, 7) is 5.31. The van der Waals surface area contributed by atoms with E-state index in [4.69, 9.17) is 5.11 Å². The molecule has 6 heteroatoms. The van der Waals surface area contributed by atoms with Crippen molar-refractivity contribution < 1.29 is 19.5 Å². The van der Waals surface area contributed by atoms with Gasteiger partial charge in [0.2, 0.25) is 5.91 Å². The second-order valence-electron chi connectivity index (χ2n) is 6.14. The van der Waals surface area contributed by atoms with Crippen LogP contribution in [0.1, 0.15) is 36.7 Å². The van der Waals surface area contributed by atoms with Crippen LogP contribution < -0.4 is 10.2 Å². The predicted octanol–water partition coefficient (Wildman–Crippen LogP) is 1.44. The highest BCUT2D eigenvalue weighted by atomic mass is 16.4. The number of hydrogen-bond donors (Lipinski definition) is 2. The fourth-order valence-corrected chi connectivity index (χ4v) is 2.35. The topological polar surface area (TPSA) is 86.7 Å². The minimum atomic E-state index is -1.02. The Balaban J connectivity index is 2.10. The summed E-state index contributed by atoms with van der Waals surface area (Å²) in [7, 11) is 0. The minimum absolute atomic E-state index is 0.0147. The Morgan fingerprint density at radius 1 is 1.32 bits per heavy atom. The van der Waals surface area contributed by atoms with E-state index in [2.05, 4.69) is 5.32 Å². The molecular weight excluding hydrogens is 284 g/mol. The lowest BCUT2D eigenvalue weighted by molar-refractivity contribution is -0.146. The summed E-state index contributed by atoms with van der Waals surface area (Å²) in [5, 5.41) is 11.7. The first-order valence-electron chi connectivity index (χ1n) is 7.15. The molecule has 0 saturated heterocycles. The zero-order valence-electron chi connectivity index (χ0n) is 13.0. The van der Waals surface area contributed by atoms with Crippen molar-refractivity contribution in [1.82, 2.24) is 5.32 Å². The van der Waals surface area contributed by atoms with Crippen molar-refractivity contribution >= 4 is 23.5 Å². The second-order valence-corrected chi connectivity index (χ2v) is 6.14. The number of carboxylic acids is 1. The molecule has 1 aromatic carbocycles. The maximum Gasteiger partial charge on any atom is 0.310 e. The molecule has 0 bridgehead atoms. The van der Waals surface area contributed by atoms with Crippen LogP contribution in [0.25, 0.3) is 0 Å². The Morgan fingerprint density at radius 3 is 2.59 bits per heavy atom. The first-order chi connectivity index (χ1) is 10.2. The van der Waals surface area contributed by atoms with E-state index < -0.39 is 11.4 Å². The number of carbonyl (C=O) groups is 3. The normalized spacial score (nSPS) is 13.7. The van der Waals surface area contributed by atoms with Gasteiger partial charge in [-0.05, 0) is 44.0 Å². The standard InChI is InChI=1S/C16H20N2O4/c1-10(19)18-7-6-11-8-12(4-5-13(11)18)14(20)17-9-16(2,3)15(21)22/h4-5,8H,6-7,9H2,1-3H3,(H,17,20)(H,21,22). The average molecular weight is 304 g/mol. The third kappa shape index (κ3) is 3.10. The highest BCUT2D eigenvalue weighted by molar-refractivity contribution is 5.98. The van der Waals surface area contributed by atoms with E-state index in [9.17, 15) is 14.4 Å². The van der Waals surface area contributed by atoms with E-state index in [-0.39, 0.29) is 18.4 Å².